The lowest BCUT2D eigenvalue weighted by molar-refractivity contribution is 0.475. The van der Waals surface area contributed by atoms with Crippen molar-refractivity contribution in [1.29, 1.82) is 0 Å². The maximum atomic E-state index is 9.27. The van der Waals surface area contributed by atoms with Crippen molar-refractivity contribution < 1.29 is 5.11 Å². The highest BCUT2D eigenvalue weighted by Crippen LogP contribution is 2.10. The first-order valence-electron chi connectivity index (χ1n) is 7.55. The van der Waals surface area contributed by atoms with Gasteiger partial charge in [-0.1, -0.05) is 12.1 Å². The molecule has 0 amide bonds. The van der Waals surface area contributed by atoms with E-state index >= 15 is 0 Å². The molecule has 3 N–H and O–H groups in total. The Kier molecular flexibility index (Phi) is 6.29. The minimum atomic E-state index is 0.274. The van der Waals surface area contributed by atoms with Gasteiger partial charge in [-0.25, -0.2) is 4.99 Å². The van der Waals surface area contributed by atoms with Gasteiger partial charge in [0.15, 0.2) is 5.96 Å². The van der Waals surface area contributed by atoms with Crippen LogP contribution in [0.15, 0.2) is 47.7 Å². The summed E-state index contributed by atoms with van der Waals surface area (Å²) < 4.78 is 1.92. The van der Waals surface area contributed by atoms with Gasteiger partial charge in [0, 0.05) is 32.0 Å². The summed E-state index contributed by atoms with van der Waals surface area (Å²) in [4.78, 5) is 4.54. The largest absolute Gasteiger partial charge is 0.508 e. The van der Waals surface area contributed by atoms with Gasteiger partial charge in [-0.2, -0.15) is 5.10 Å². The fourth-order valence-corrected chi connectivity index (χ4v) is 1.99. The van der Waals surface area contributed by atoms with Crippen LogP contribution in [0.5, 0.6) is 5.75 Å². The van der Waals surface area contributed by atoms with Gasteiger partial charge in [0.25, 0.3) is 0 Å². The number of phenols is 1. The molecule has 0 atom stereocenters. The molecular formula is C16H23N5O. The zero-order valence-corrected chi connectivity index (χ0v) is 12.9. The summed E-state index contributed by atoms with van der Waals surface area (Å²) in [5.41, 5.74) is 1.06. The van der Waals surface area contributed by atoms with E-state index in [-0.39, 0.29) is 5.75 Å². The second kappa shape index (κ2) is 8.71. The minimum absolute atomic E-state index is 0.274. The maximum Gasteiger partial charge on any atom is 0.191 e. The molecule has 2 rings (SSSR count). The fraction of sp³-hybridized carbons (Fsp3) is 0.375. The third kappa shape index (κ3) is 5.47. The van der Waals surface area contributed by atoms with E-state index in [1.54, 1.807) is 18.3 Å². The number of hydrogen-bond acceptors (Lipinski definition) is 3. The summed E-state index contributed by atoms with van der Waals surface area (Å²) >= 11 is 0. The number of guanidine groups is 1. The number of rotatable bonds is 7. The van der Waals surface area contributed by atoms with Crippen molar-refractivity contribution in [3.05, 3.63) is 48.3 Å². The predicted molar refractivity (Wildman–Crippen MR) is 87.8 cm³/mol. The van der Waals surface area contributed by atoms with E-state index in [0.717, 1.165) is 37.6 Å². The van der Waals surface area contributed by atoms with E-state index in [1.165, 1.54) is 0 Å². The molecule has 0 aliphatic rings. The Labute approximate surface area is 130 Å². The fourth-order valence-electron chi connectivity index (χ4n) is 1.99. The number of aryl methyl sites for hydroxylation is 1. The predicted octanol–water partition coefficient (Wildman–Crippen LogP) is 1.73. The van der Waals surface area contributed by atoms with Crippen molar-refractivity contribution in [3.8, 4) is 5.75 Å². The van der Waals surface area contributed by atoms with E-state index < -0.39 is 0 Å². The molecule has 0 saturated heterocycles. The normalized spacial score (nSPS) is 11.4. The monoisotopic (exact) mass is 301 g/mol. The standard InChI is InChI=1S/C16H23N5O/c1-2-17-16(18-9-3-11-21-12-4-10-20-21)19-13-14-5-7-15(22)8-6-14/h4-8,10,12,22H,2-3,9,11,13H2,1H3,(H2,17,18,19). The van der Waals surface area contributed by atoms with Crippen LogP contribution in [0.2, 0.25) is 0 Å². The summed E-state index contributed by atoms with van der Waals surface area (Å²) in [6.45, 7) is 5.16. The van der Waals surface area contributed by atoms with Crippen LogP contribution in [0.3, 0.4) is 0 Å². The van der Waals surface area contributed by atoms with Crippen LogP contribution in [0, 0.1) is 0 Å². The Hall–Kier alpha value is -2.50. The van der Waals surface area contributed by atoms with Crippen molar-refractivity contribution in [2.45, 2.75) is 26.4 Å². The van der Waals surface area contributed by atoms with Crippen molar-refractivity contribution in [3.63, 3.8) is 0 Å². The third-order valence-corrected chi connectivity index (χ3v) is 3.12. The Morgan fingerprint density at radius 2 is 2.09 bits per heavy atom. The first-order valence-corrected chi connectivity index (χ1v) is 7.55. The van der Waals surface area contributed by atoms with Gasteiger partial charge in [-0.05, 0) is 37.1 Å². The molecule has 0 fully saturated rings. The maximum absolute atomic E-state index is 9.27. The molecule has 6 nitrogen and oxygen atoms in total. The number of hydrogen-bond donors (Lipinski definition) is 3. The Balaban J connectivity index is 1.77. The van der Waals surface area contributed by atoms with Gasteiger partial charge in [0.05, 0.1) is 6.54 Å². The number of nitrogens with one attached hydrogen (secondary N) is 2. The molecule has 1 heterocycles. The molecular weight excluding hydrogens is 278 g/mol. The van der Waals surface area contributed by atoms with Crippen molar-refractivity contribution in [1.82, 2.24) is 20.4 Å². The van der Waals surface area contributed by atoms with E-state index in [4.69, 9.17) is 0 Å². The average Bonchev–Trinajstić information content (AvgIpc) is 3.04. The molecule has 0 aliphatic heterocycles. The van der Waals surface area contributed by atoms with Crippen LogP contribution in [0.25, 0.3) is 0 Å². The quantitative estimate of drug-likeness (QED) is 0.414. The zero-order valence-electron chi connectivity index (χ0n) is 12.9. The van der Waals surface area contributed by atoms with Crippen LogP contribution in [0.1, 0.15) is 18.9 Å². The van der Waals surface area contributed by atoms with E-state index in [0.29, 0.717) is 6.54 Å². The molecule has 0 saturated carbocycles. The molecule has 0 bridgehead atoms. The van der Waals surface area contributed by atoms with Crippen LogP contribution < -0.4 is 10.6 Å². The van der Waals surface area contributed by atoms with Gasteiger partial charge < -0.3 is 15.7 Å². The molecule has 0 aliphatic carbocycles. The molecule has 6 heteroatoms. The Bertz CT molecular complexity index is 563. The molecule has 0 radical (unpaired) electrons. The van der Waals surface area contributed by atoms with Crippen LogP contribution in [0.4, 0.5) is 0 Å². The van der Waals surface area contributed by atoms with Crippen LogP contribution >= 0.6 is 0 Å². The van der Waals surface area contributed by atoms with Gasteiger partial charge in [-0.15, -0.1) is 0 Å². The first-order chi connectivity index (χ1) is 10.8. The lowest BCUT2D eigenvalue weighted by Gasteiger charge is -2.11. The van der Waals surface area contributed by atoms with Crippen molar-refractivity contribution >= 4 is 5.96 Å². The van der Waals surface area contributed by atoms with Crippen LogP contribution in [-0.4, -0.2) is 33.9 Å². The van der Waals surface area contributed by atoms with Crippen molar-refractivity contribution in [2.75, 3.05) is 13.1 Å². The molecule has 22 heavy (non-hydrogen) atoms. The SMILES string of the molecule is CCNC(=NCc1ccc(O)cc1)NCCCn1cccn1. The summed E-state index contributed by atoms with van der Waals surface area (Å²) in [5.74, 6) is 1.08. The Morgan fingerprint density at radius 1 is 1.27 bits per heavy atom. The van der Waals surface area contributed by atoms with Gasteiger partial charge in [0.1, 0.15) is 5.75 Å². The number of nitrogens with zero attached hydrogens (tertiary/aromatic N) is 3. The number of phenolic OH excluding ortho intramolecular Hbond substituents is 1. The summed E-state index contributed by atoms with van der Waals surface area (Å²) in [6.07, 6.45) is 4.73. The van der Waals surface area contributed by atoms with E-state index in [1.807, 2.05) is 36.0 Å². The average molecular weight is 301 g/mol. The molecule has 118 valence electrons. The highest BCUT2D eigenvalue weighted by Gasteiger charge is 1.98. The third-order valence-electron chi connectivity index (χ3n) is 3.12. The number of aromatic hydroxyl groups is 1. The van der Waals surface area contributed by atoms with Gasteiger partial charge >= 0.3 is 0 Å². The topological polar surface area (TPSA) is 74.5 Å². The number of aliphatic imine (C=N–C) groups is 1. The summed E-state index contributed by atoms with van der Waals surface area (Å²) in [6, 6.07) is 9.03. The number of aromatic nitrogens is 2. The highest BCUT2D eigenvalue weighted by molar-refractivity contribution is 5.79. The summed E-state index contributed by atoms with van der Waals surface area (Å²) in [7, 11) is 0. The van der Waals surface area contributed by atoms with E-state index in [9.17, 15) is 5.11 Å². The highest BCUT2D eigenvalue weighted by atomic mass is 16.3. The smallest absolute Gasteiger partial charge is 0.191 e. The zero-order chi connectivity index (χ0) is 15.6. The van der Waals surface area contributed by atoms with Crippen molar-refractivity contribution in [2.24, 2.45) is 4.99 Å². The summed E-state index contributed by atoms with van der Waals surface area (Å²) in [5, 5.41) is 20.0. The first kappa shape index (κ1) is 15.9. The molecule has 2 aromatic rings. The molecule has 0 unspecified atom stereocenters. The van der Waals surface area contributed by atoms with E-state index in [2.05, 4.69) is 20.7 Å². The lowest BCUT2D eigenvalue weighted by atomic mass is 10.2. The van der Waals surface area contributed by atoms with Crippen LogP contribution in [-0.2, 0) is 13.1 Å². The number of benzene rings is 1. The Morgan fingerprint density at radius 3 is 2.77 bits per heavy atom. The second-order valence-electron chi connectivity index (χ2n) is 4.91. The minimum Gasteiger partial charge on any atom is -0.508 e. The molecule has 1 aromatic carbocycles. The molecule has 0 spiro atoms. The second-order valence-corrected chi connectivity index (χ2v) is 4.91. The van der Waals surface area contributed by atoms with Gasteiger partial charge in [-0.3, -0.25) is 4.68 Å². The van der Waals surface area contributed by atoms with Gasteiger partial charge in [0.2, 0.25) is 0 Å². The molecule has 1 aromatic heterocycles. The lowest BCUT2D eigenvalue weighted by Crippen LogP contribution is -2.38.